The first-order chi connectivity index (χ1) is 12.8. The molecule has 27 heavy (non-hydrogen) atoms. The number of carbonyl (C=O) groups is 1. The summed E-state index contributed by atoms with van der Waals surface area (Å²) in [5, 5.41) is 10.2. The summed E-state index contributed by atoms with van der Waals surface area (Å²) in [4.78, 5) is 20.5. The van der Waals surface area contributed by atoms with Crippen LogP contribution < -0.4 is 0 Å². The van der Waals surface area contributed by atoms with E-state index in [0.717, 1.165) is 10.0 Å². The fraction of sp³-hybridized carbons (Fsp3) is 0.105. The highest BCUT2D eigenvalue weighted by atomic mass is 79.9. The number of aromatic nitrogens is 2. The summed E-state index contributed by atoms with van der Waals surface area (Å²) in [6.45, 7) is 1.64. The van der Waals surface area contributed by atoms with Crippen LogP contribution in [0.15, 0.2) is 52.0 Å². The summed E-state index contributed by atoms with van der Waals surface area (Å²) in [6, 6.07) is 11.6. The van der Waals surface area contributed by atoms with Crippen LogP contribution in [-0.2, 0) is 5.75 Å². The number of carboxylic acid groups (broad SMARTS) is 1. The maximum absolute atomic E-state index is 13.2. The van der Waals surface area contributed by atoms with Gasteiger partial charge >= 0.3 is 5.97 Å². The van der Waals surface area contributed by atoms with E-state index in [-0.39, 0.29) is 5.56 Å². The quantitative estimate of drug-likeness (QED) is 0.368. The van der Waals surface area contributed by atoms with Gasteiger partial charge in [-0.2, -0.15) is 0 Å². The van der Waals surface area contributed by atoms with Crippen molar-refractivity contribution in [3.8, 4) is 11.4 Å². The first-order valence-corrected chi connectivity index (χ1v) is 9.95. The van der Waals surface area contributed by atoms with Gasteiger partial charge in [0.2, 0.25) is 0 Å². The molecule has 4 nitrogen and oxygen atoms in total. The molecule has 0 aliphatic heterocycles. The van der Waals surface area contributed by atoms with Crippen molar-refractivity contribution in [3.63, 3.8) is 0 Å². The number of aromatic carboxylic acids is 1. The van der Waals surface area contributed by atoms with Crippen LogP contribution in [0.1, 0.15) is 21.6 Å². The molecule has 0 radical (unpaired) electrons. The van der Waals surface area contributed by atoms with E-state index in [9.17, 15) is 14.3 Å². The minimum atomic E-state index is -1.09. The van der Waals surface area contributed by atoms with Crippen molar-refractivity contribution < 1.29 is 14.3 Å². The van der Waals surface area contributed by atoms with E-state index in [0.29, 0.717) is 32.9 Å². The molecular formula is C19H13BrClFN2O2S. The Bertz CT molecular complexity index is 1020. The Morgan fingerprint density at radius 2 is 1.93 bits per heavy atom. The SMILES string of the molecule is Cc1nc(-c2ccc(Br)cc2)nc(SCc2ccc(F)cc2Cl)c1C(=O)O. The third-order valence-corrected chi connectivity index (χ3v) is 5.66. The number of halogens is 3. The molecule has 0 aliphatic rings. The highest BCUT2D eigenvalue weighted by Crippen LogP contribution is 2.31. The molecule has 0 unspecified atom stereocenters. The van der Waals surface area contributed by atoms with Crippen molar-refractivity contribution in [1.29, 1.82) is 0 Å². The first kappa shape index (κ1) is 19.8. The molecule has 0 aliphatic carbocycles. The van der Waals surface area contributed by atoms with Crippen molar-refractivity contribution in [2.45, 2.75) is 17.7 Å². The smallest absolute Gasteiger partial charge is 0.340 e. The molecule has 3 aromatic rings. The van der Waals surface area contributed by atoms with Gasteiger partial charge in [-0.05, 0) is 36.8 Å². The Labute approximate surface area is 172 Å². The van der Waals surface area contributed by atoms with E-state index >= 15 is 0 Å². The van der Waals surface area contributed by atoms with Gasteiger partial charge in [-0.15, -0.1) is 11.8 Å². The Morgan fingerprint density at radius 3 is 2.56 bits per heavy atom. The van der Waals surface area contributed by atoms with E-state index in [1.807, 2.05) is 24.3 Å². The fourth-order valence-electron chi connectivity index (χ4n) is 2.41. The van der Waals surface area contributed by atoms with Crippen LogP contribution in [0.3, 0.4) is 0 Å². The van der Waals surface area contributed by atoms with Crippen molar-refractivity contribution in [1.82, 2.24) is 9.97 Å². The summed E-state index contributed by atoms with van der Waals surface area (Å²) in [5.41, 5.74) is 1.91. The minimum absolute atomic E-state index is 0.0547. The molecule has 1 N–H and O–H groups in total. The molecule has 8 heteroatoms. The zero-order valence-electron chi connectivity index (χ0n) is 14.0. The van der Waals surface area contributed by atoms with Crippen LogP contribution in [0.2, 0.25) is 5.02 Å². The zero-order valence-corrected chi connectivity index (χ0v) is 17.2. The Balaban J connectivity index is 1.98. The number of hydrogen-bond donors (Lipinski definition) is 1. The molecule has 0 saturated carbocycles. The Hall–Kier alpha value is -1.96. The number of thioether (sulfide) groups is 1. The maximum Gasteiger partial charge on any atom is 0.340 e. The number of nitrogens with zero attached hydrogens (tertiary/aromatic N) is 2. The highest BCUT2D eigenvalue weighted by molar-refractivity contribution is 9.10. The third-order valence-electron chi connectivity index (χ3n) is 3.75. The molecule has 0 spiro atoms. The number of hydrogen-bond acceptors (Lipinski definition) is 4. The van der Waals surface area contributed by atoms with Gasteiger partial charge in [0.25, 0.3) is 0 Å². The second kappa shape index (κ2) is 8.37. The minimum Gasteiger partial charge on any atom is -0.478 e. The standard InChI is InChI=1S/C19H13BrClFN2O2S/c1-10-16(19(25)26)18(27-9-12-4-7-14(22)8-15(12)21)24-17(23-10)11-2-5-13(20)6-3-11/h2-8H,9H2,1H3,(H,25,26). The lowest BCUT2D eigenvalue weighted by molar-refractivity contribution is 0.0690. The number of benzene rings is 2. The molecule has 0 atom stereocenters. The monoisotopic (exact) mass is 466 g/mol. The highest BCUT2D eigenvalue weighted by Gasteiger charge is 2.19. The molecule has 138 valence electrons. The predicted molar refractivity (Wildman–Crippen MR) is 108 cm³/mol. The summed E-state index contributed by atoms with van der Waals surface area (Å²) < 4.78 is 14.1. The molecule has 0 amide bonds. The number of carboxylic acids is 1. The van der Waals surface area contributed by atoms with Gasteiger partial charge in [0.1, 0.15) is 16.4 Å². The van der Waals surface area contributed by atoms with Crippen molar-refractivity contribution in [3.05, 3.63) is 74.6 Å². The van der Waals surface area contributed by atoms with E-state index < -0.39 is 11.8 Å². The molecule has 0 fully saturated rings. The summed E-state index contributed by atoms with van der Waals surface area (Å²) >= 11 is 10.7. The first-order valence-electron chi connectivity index (χ1n) is 7.79. The second-order valence-corrected chi connectivity index (χ2v) is 7.94. The molecule has 0 saturated heterocycles. The van der Waals surface area contributed by atoms with Crippen molar-refractivity contribution >= 4 is 45.3 Å². The van der Waals surface area contributed by atoms with Gasteiger partial charge < -0.3 is 5.11 Å². The van der Waals surface area contributed by atoms with Gasteiger partial charge in [-0.1, -0.05) is 45.7 Å². The van der Waals surface area contributed by atoms with Crippen LogP contribution in [0.5, 0.6) is 0 Å². The number of rotatable bonds is 5. The molecule has 0 bridgehead atoms. The molecule has 1 aromatic heterocycles. The Morgan fingerprint density at radius 1 is 1.22 bits per heavy atom. The largest absolute Gasteiger partial charge is 0.478 e. The van der Waals surface area contributed by atoms with Gasteiger partial charge in [0.15, 0.2) is 5.82 Å². The zero-order chi connectivity index (χ0) is 19.6. The van der Waals surface area contributed by atoms with Crippen LogP contribution in [0.4, 0.5) is 4.39 Å². The summed E-state index contributed by atoms with van der Waals surface area (Å²) in [5.74, 6) is -0.717. The normalized spacial score (nSPS) is 10.8. The van der Waals surface area contributed by atoms with Crippen LogP contribution in [-0.4, -0.2) is 21.0 Å². The van der Waals surface area contributed by atoms with Gasteiger partial charge in [-0.25, -0.2) is 19.2 Å². The van der Waals surface area contributed by atoms with Gasteiger partial charge in [0, 0.05) is 20.8 Å². The number of aryl methyl sites for hydroxylation is 1. The topological polar surface area (TPSA) is 63.1 Å². The molecule has 1 heterocycles. The van der Waals surface area contributed by atoms with E-state index in [1.165, 1.54) is 23.9 Å². The Kier molecular flexibility index (Phi) is 6.14. The van der Waals surface area contributed by atoms with E-state index in [4.69, 9.17) is 11.6 Å². The lowest BCUT2D eigenvalue weighted by atomic mass is 10.2. The lowest BCUT2D eigenvalue weighted by Crippen LogP contribution is -2.08. The van der Waals surface area contributed by atoms with Crippen LogP contribution >= 0.6 is 39.3 Å². The van der Waals surface area contributed by atoms with Gasteiger partial charge in [0.05, 0.1) is 5.69 Å². The third kappa shape index (κ3) is 4.66. The lowest BCUT2D eigenvalue weighted by Gasteiger charge is -2.11. The second-order valence-electron chi connectivity index (χ2n) is 5.65. The molecule has 2 aromatic carbocycles. The fourth-order valence-corrected chi connectivity index (χ4v) is 4.06. The molecular weight excluding hydrogens is 455 g/mol. The molecule has 3 rings (SSSR count). The summed E-state index contributed by atoms with van der Waals surface area (Å²) in [7, 11) is 0. The van der Waals surface area contributed by atoms with Crippen LogP contribution in [0, 0.1) is 12.7 Å². The predicted octanol–water partition coefficient (Wildman–Crippen LogP) is 6.00. The van der Waals surface area contributed by atoms with Gasteiger partial charge in [-0.3, -0.25) is 0 Å². The average Bonchev–Trinajstić information content (AvgIpc) is 2.60. The van der Waals surface area contributed by atoms with E-state index in [2.05, 4.69) is 25.9 Å². The van der Waals surface area contributed by atoms with E-state index in [1.54, 1.807) is 13.0 Å². The van der Waals surface area contributed by atoms with Crippen LogP contribution in [0.25, 0.3) is 11.4 Å². The van der Waals surface area contributed by atoms with Crippen molar-refractivity contribution in [2.75, 3.05) is 0 Å². The van der Waals surface area contributed by atoms with Crippen molar-refractivity contribution in [2.24, 2.45) is 0 Å². The average molecular weight is 468 g/mol. The maximum atomic E-state index is 13.2. The summed E-state index contributed by atoms with van der Waals surface area (Å²) in [6.07, 6.45) is 0.